The molecule has 0 spiro atoms. The fourth-order valence-corrected chi connectivity index (χ4v) is 15.4. The van der Waals surface area contributed by atoms with Crippen LogP contribution in [0.3, 0.4) is 0 Å². The molecular formula is C63H75ClF3N9O8S3. The molecule has 17 nitrogen and oxygen atoms in total. The van der Waals surface area contributed by atoms with Crippen molar-refractivity contribution in [1.82, 2.24) is 24.7 Å². The number of alkyl halides is 3. The van der Waals surface area contributed by atoms with Crippen molar-refractivity contribution in [3.63, 3.8) is 0 Å². The zero-order valence-corrected chi connectivity index (χ0v) is 51.9. The first kappa shape index (κ1) is 63.8. The van der Waals surface area contributed by atoms with Gasteiger partial charge in [0.25, 0.3) is 25.8 Å². The molecule has 3 atom stereocenters. The first-order valence-electron chi connectivity index (χ1n) is 29.7. The fraction of sp³-hybridized carbons (Fsp3) is 0.444. The minimum atomic E-state index is -6.09. The van der Waals surface area contributed by atoms with Gasteiger partial charge in [-0.15, -0.1) is 11.8 Å². The second-order valence-electron chi connectivity index (χ2n) is 23.4. The number of imide groups is 1. The summed E-state index contributed by atoms with van der Waals surface area (Å²) >= 11 is 7.81. The number of benzene rings is 5. The van der Waals surface area contributed by atoms with Crippen molar-refractivity contribution in [3.05, 3.63) is 143 Å². The zero-order chi connectivity index (χ0) is 61.3. The minimum absolute atomic E-state index is 0.0196. The molecule has 4 saturated heterocycles. The van der Waals surface area contributed by atoms with Gasteiger partial charge in [0.15, 0.2) is 0 Å². The van der Waals surface area contributed by atoms with Crippen LogP contribution in [0.25, 0.3) is 5.57 Å². The number of piperazine rings is 2. The van der Waals surface area contributed by atoms with Crippen LogP contribution < -0.4 is 30.5 Å². The van der Waals surface area contributed by atoms with Gasteiger partial charge in [-0.25, -0.2) is 21.6 Å². The van der Waals surface area contributed by atoms with Crippen molar-refractivity contribution in [2.45, 2.75) is 84.1 Å². The maximum atomic E-state index is 14.4. The van der Waals surface area contributed by atoms with Gasteiger partial charge in [0.1, 0.15) is 10.9 Å². The second kappa shape index (κ2) is 28.1. The topological polar surface area (TPSA) is 193 Å². The van der Waals surface area contributed by atoms with Crippen molar-refractivity contribution in [3.8, 4) is 0 Å². The quantitative estimate of drug-likeness (QED) is 0.0401. The predicted octanol–water partition coefficient (Wildman–Crippen LogP) is 9.24. The van der Waals surface area contributed by atoms with E-state index in [0.717, 1.165) is 119 Å². The number of hydrogen-bond donors (Lipinski definition) is 4. The molecule has 4 fully saturated rings. The van der Waals surface area contributed by atoms with Gasteiger partial charge in [-0.1, -0.05) is 54.4 Å². The number of piperidine rings is 1. The molecular weight excluding hydrogens is 1200 g/mol. The molecule has 2 unspecified atom stereocenters. The van der Waals surface area contributed by atoms with Crippen LogP contribution in [-0.4, -0.2) is 171 Å². The monoisotopic (exact) mass is 1270 g/mol. The molecule has 0 aromatic heterocycles. The lowest BCUT2D eigenvalue weighted by Gasteiger charge is -2.44. The number of sulfone groups is 1. The lowest BCUT2D eigenvalue weighted by atomic mass is 9.71. The van der Waals surface area contributed by atoms with Crippen LogP contribution in [0.1, 0.15) is 67.8 Å². The largest absolute Gasteiger partial charge is 0.501 e. The Hall–Kier alpha value is -6.18. The highest BCUT2D eigenvalue weighted by molar-refractivity contribution is 7.99. The van der Waals surface area contributed by atoms with Crippen LogP contribution in [0.4, 0.5) is 35.9 Å². The highest BCUT2D eigenvalue weighted by atomic mass is 35.5. The number of hydrogen-bond acceptors (Lipinski definition) is 16. The number of amides is 3. The van der Waals surface area contributed by atoms with E-state index in [4.69, 9.17) is 16.3 Å². The smallest absolute Gasteiger partial charge is 0.380 e. The Labute approximate surface area is 517 Å². The van der Waals surface area contributed by atoms with E-state index in [-0.39, 0.29) is 22.8 Å². The number of carbonyl (C=O) groups excluding carboxylic acids is 3. The average Bonchev–Trinajstić information content (AvgIpc) is 2.90. The number of nitrogens with one attached hydrogen (secondary N) is 4. The zero-order valence-electron chi connectivity index (χ0n) is 48.7. The van der Waals surface area contributed by atoms with Gasteiger partial charge < -0.3 is 30.1 Å². The Bertz CT molecular complexity index is 3470. The van der Waals surface area contributed by atoms with Crippen LogP contribution in [0, 0.1) is 5.41 Å². The molecule has 0 bridgehead atoms. The van der Waals surface area contributed by atoms with E-state index < -0.39 is 58.8 Å². The Morgan fingerprint density at radius 2 is 1.45 bits per heavy atom. The van der Waals surface area contributed by atoms with Crippen molar-refractivity contribution in [1.29, 1.82) is 0 Å². The predicted molar refractivity (Wildman–Crippen MR) is 336 cm³/mol. The van der Waals surface area contributed by atoms with E-state index in [1.54, 1.807) is 12.1 Å². The van der Waals surface area contributed by atoms with Gasteiger partial charge in [-0.05, 0) is 146 Å². The standard InChI is InChI=1S/C63H75ClF3N9O8S3/c1-62(44-74-31-35-76(36-32-74)52-18-14-49(15-19-52)68-57-22-23-59(77)70-61(57)79)26-24-55(45-8-12-48(64)13-9-45)47(41-62)42-73-29-33-75(34-30-73)51-16-10-46(11-17-51)60(78)71-87(82,83)54-20-21-56(58(40-54)86(80,81)63(65,66)67)69-50(43-85-53-6-3-2-4-7-53)25-28-72-27-5-38-84-39-37-72/h2-4,6-21,40,50,57,68-69H,5,22-39,41-44H2,1H3,(H,71,78)(H,70,77,79)/t50?,57?,62-/m1/s1. The molecule has 0 saturated carbocycles. The lowest BCUT2D eigenvalue weighted by Crippen LogP contribution is -2.50. The number of allylic oxidation sites excluding steroid dienone is 1. The van der Waals surface area contributed by atoms with Crippen molar-refractivity contribution in [2.24, 2.45) is 5.41 Å². The number of thioether (sulfide) groups is 1. The van der Waals surface area contributed by atoms with Gasteiger partial charge in [-0.2, -0.15) is 13.2 Å². The Morgan fingerprint density at radius 1 is 0.782 bits per heavy atom. The van der Waals surface area contributed by atoms with Gasteiger partial charge in [0, 0.05) is 142 Å². The van der Waals surface area contributed by atoms with Gasteiger partial charge in [0.2, 0.25) is 11.8 Å². The van der Waals surface area contributed by atoms with Crippen molar-refractivity contribution in [2.75, 3.05) is 124 Å². The van der Waals surface area contributed by atoms with Crippen LogP contribution in [0.2, 0.25) is 5.02 Å². The first-order chi connectivity index (χ1) is 41.7. The summed E-state index contributed by atoms with van der Waals surface area (Å²) in [4.78, 5) is 48.2. The third kappa shape index (κ3) is 16.6. The maximum Gasteiger partial charge on any atom is 0.501 e. The number of carbonyl (C=O) groups is 3. The molecule has 4 heterocycles. The highest BCUT2D eigenvalue weighted by Crippen LogP contribution is 2.44. The molecule has 466 valence electrons. The summed E-state index contributed by atoms with van der Waals surface area (Å²) in [5.74, 6) is -1.21. The van der Waals surface area contributed by atoms with Crippen molar-refractivity contribution >= 4 is 89.3 Å². The first-order valence-corrected chi connectivity index (χ1v) is 34.0. The molecule has 10 rings (SSSR count). The van der Waals surface area contributed by atoms with Crippen LogP contribution in [0.15, 0.2) is 142 Å². The third-order valence-electron chi connectivity index (χ3n) is 17.1. The minimum Gasteiger partial charge on any atom is -0.380 e. The van der Waals surface area contributed by atoms with Crippen LogP contribution in [0.5, 0.6) is 0 Å². The van der Waals surface area contributed by atoms with E-state index in [1.165, 1.54) is 40.6 Å². The van der Waals surface area contributed by atoms with Crippen molar-refractivity contribution < 1.29 is 49.1 Å². The molecule has 5 aromatic carbocycles. The normalized spacial score (nSPS) is 21.0. The number of rotatable bonds is 21. The second-order valence-corrected chi connectivity index (χ2v) is 28.6. The van der Waals surface area contributed by atoms with Gasteiger partial charge in [-0.3, -0.25) is 29.5 Å². The van der Waals surface area contributed by atoms with E-state index in [1.807, 2.05) is 59.3 Å². The van der Waals surface area contributed by atoms with E-state index >= 15 is 0 Å². The molecule has 3 amide bonds. The molecule has 1 aliphatic carbocycles. The number of anilines is 4. The molecule has 5 aliphatic rings. The average molecular weight is 1270 g/mol. The van der Waals surface area contributed by atoms with E-state index in [9.17, 15) is 44.4 Å². The SMILES string of the molecule is C[C@@]1(CN2CCN(c3ccc(NC4CCC(=O)NC4=O)cc3)CC2)CCC(c2ccc(Cl)cc2)=C(CN2CCN(c3ccc(C(=O)NS(=O)(=O)c4ccc(NC(CCN5CCCOCC5)CSc5ccccc5)c(S(=O)(=O)C(F)(F)F)c4)cc3)CC2)C1. The number of ether oxygens (including phenoxy) is 1. The number of nitrogens with zero attached hydrogens (tertiary/aromatic N) is 5. The van der Waals surface area contributed by atoms with Crippen LogP contribution in [-0.2, 0) is 34.2 Å². The van der Waals surface area contributed by atoms with Gasteiger partial charge >= 0.3 is 5.51 Å². The van der Waals surface area contributed by atoms with E-state index in [0.29, 0.717) is 75.5 Å². The van der Waals surface area contributed by atoms with Crippen LogP contribution >= 0.6 is 23.4 Å². The summed E-state index contributed by atoms with van der Waals surface area (Å²) < 4.78 is 105. The summed E-state index contributed by atoms with van der Waals surface area (Å²) in [5, 5.41) is 9.38. The molecule has 24 heteroatoms. The Kier molecular flexibility index (Phi) is 20.6. The highest BCUT2D eigenvalue weighted by Gasteiger charge is 2.49. The summed E-state index contributed by atoms with van der Waals surface area (Å²) in [5.41, 5.74) is 0.639. The molecule has 4 N–H and O–H groups in total. The molecule has 5 aromatic rings. The lowest BCUT2D eigenvalue weighted by molar-refractivity contribution is -0.133. The summed E-state index contributed by atoms with van der Waals surface area (Å²) in [7, 11) is -11.0. The fourth-order valence-electron chi connectivity index (χ4n) is 12.2. The molecule has 4 aliphatic heterocycles. The number of halogens is 4. The third-order valence-corrected chi connectivity index (χ3v) is 21.3. The Balaban J connectivity index is 0.749. The van der Waals surface area contributed by atoms with E-state index in [2.05, 4.69) is 71.6 Å². The molecule has 0 radical (unpaired) electrons. The summed E-state index contributed by atoms with van der Waals surface area (Å²) in [6, 6.07) is 33.6. The number of sulfonamides is 1. The summed E-state index contributed by atoms with van der Waals surface area (Å²) in [6.07, 6.45) is 4.99. The maximum absolute atomic E-state index is 14.4. The van der Waals surface area contributed by atoms with Gasteiger partial charge in [0.05, 0.1) is 17.2 Å². The Morgan fingerprint density at radius 3 is 2.11 bits per heavy atom. The molecule has 87 heavy (non-hydrogen) atoms. The summed E-state index contributed by atoms with van der Waals surface area (Å²) in [6.45, 7) is 13.9.